The highest BCUT2D eigenvalue weighted by molar-refractivity contribution is 7.86. The molecule has 8 aliphatic heterocycles. The van der Waals surface area contributed by atoms with Gasteiger partial charge in [0.05, 0.1) is 51.5 Å². The van der Waals surface area contributed by atoms with E-state index in [2.05, 4.69) is 45.7 Å². The van der Waals surface area contributed by atoms with E-state index < -0.39 is 121 Å². The second kappa shape index (κ2) is 38.8. The van der Waals surface area contributed by atoms with Crippen molar-refractivity contribution >= 4 is 122 Å². The van der Waals surface area contributed by atoms with E-state index in [1.54, 1.807) is 73.5 Å². The zero-order valence-corrected chi connectivity index (χ0v) is 89.7. The van der Waals surface area contributed by atoms with Crippen molar-refractivity contribution in [2.75, 3.05) is 19.0 Å². The Hall–Kier alpha value is -2.54. The van der Waals surface area contributed by atoms with Crippen LogP contribution in [0, 0.1) is 79.3 Å². The standard InChI is InChI=1S/C19H32O2.C18H30O2.C16H38O14Si8.C14H26O2.C10H16O4.C9H16O5S/c1-6-17(2,3)16(20)21-18(4,5)19-10-13-7-14(11-19)9-15(8-13)12-19;1-5-17(3,4)16(19)20-18(6-2)14-8-12-7-13(10-14)11-15(18)9-12;1-11-16(2,3)15(17)18-13-12-14-38-28-35(8)22-32(5)19-31(4)20-33(6,24-35)26-37(10,30-38)27-34(7,21-31)25-36(9,23-32)29-38;1-5-13(3,4)12(15)16-14(6-2)10-8-7-9-11-14;1-4-10(2,3)9(12)14-7-5-6-13-8(7)11;1-4-9(2,3)8(10)13-7-5-6-15(11,12)14-7/h13-15H,6-12H2,1-5H3;12-15H,5-11H2,1-4H3;11-14H2,1-10H3;5-11H2,1-4H3;7H,4-6H2,1-3H3;7H,4-6H2,1-3H3. The van der Waals surface area contributed by atoms with Crippen LogP contribution in [0.4, 0.5) is 0 Å². The molecule has 0 aromatic carbocycles. The van der Waals surface area contributed by atoms with E-state index >= 15 is 0 Å². The van der Waals surface area contributed by atoms with Crippen molar-refractivity contribution in [1.82, 2.24) is 0 Å². The molecule has 8 heterocycles. The molecule has 0 spiro atoms. The maximum atomic E-state index is 12.6. The summed E-state index contributed by atoms with van der Waals surface area (Å²) in [5.74, 6) is 4.30. The molecule has 2 unspecified atom stereocenters. The van der Waals surface area contributed by atoms with Crippen LogP contribution < -0.4 is 0 Å². The quantitative estimate of drug-likeness (QED) is 0.0285. The summed E-state index contributed by atoms with van der Waals surface area (Å²) in [6.07, 6.45) is 26.6. The highest BCUT2D eigenvalue weighted by atomic mass is 32.2. The molecule has 16 bridgehead atoms. The van der Waals surface area contributed by atoms with Gasteiger partial charge >= 0.3 is 112 Å². The minimum absolute atomic E-state index is 0.00857. The molecular formula is C86H158O29SSi8. The van der Waals surface area contributed by atoms with Gasteiger partial charge in [0.2, 0.25) is 12.4 Å². The second-order valence-corrected chi connectivity index (χ2v) is 68.5. The zero-order valence-electron chi connectivity index (χ0n) is 80.9. The number of esters is 7. The molecule has 124 heavy (non-hydrogen) atoms. The Morgan fingerprint density at radius 1 is 0.419 bits per heavy atom. The summed E-state index contributed by atoms with van der Waals surface area (Å²) in [5, 5.41) is 0. The molecule has 0 amide bonds. The molecule has 8 saturated heterocycles. The SMILES string of the molecule is CCC(C)(C)C(=O)OC(C)(C)C12CC3CC(CC(C3)C1)C2.CCC(C)(C)C(=O)OC1(CC)C2CC3CC(C2)CC1C3.CCC(C)(C)C(=O)OC1CCOC1=O.CCC(C)(C)C(=O)OC1CCS(=O)(=O)O1.CCC(C)(C)C(=O)OCCC[Si]12O[Si]3(C)O[Si]4(C)O[Si]5(C)O[Si](C)(O3)O[Si](C)(O[Si](C)(O5)O[Si](C)(O4)O1)O2.CCC1(OC(=O)C(C)(C)CC)CCCCC1. The van der Waals surface area contributed by atoms with Crippen LogP contribution in [0.3, 0.4) is 0 Å². The van der Waals surface area contributed by atoms with Crippen molar-refractivity contribution < 1.29 is 129 Å². The summed E-state index contributed by atoms with van der Waals surface area (Å²) in [5.41, 5.74) is -3.08. The van der Waals surface area contributed by atoms with Gasteiger partial charge in [-0.05, 0) is 292 Å². The fraction of sp³-hybridized carbons (Fsp3) is 0.919. The molecule has 9 aliphatic carbocycles. The molecule has 0 aromatic rings. The van der Waals surface area contributed by atoms with E-state index in [4.69, 9.17) is 82.5 Å². The molecule has 0 radical (unpaired) electrons. The Balaban J connectivity index is 0.000000176. The Labute approximate surface area is 751 Å². The van der Waals surface area contributed by atoms with Crippen LogP contribution in [0.15, 0.2) is 0 Å². The number of ether oxygens (including phenoxy) is 7. The van der Waals surface area contributed by atoms with Gasteiger partial charge < -0.3 is 82.5 Å². The fourth-order valence-corrected chi connectivity index (χ4v) is 67.1. The lowest BCUT2D eigenvalue weighted by Gasteiger charge is -2.61. The monoisotopic (exact) mass is 1910 g/mol. The third-order valence-corrected chi connectivity index (χ3v) is 66.9. The molecule has 9 saturated carbocycles. The van der Waals surface area contributed by atoms with Crippen molar-refractivity contribution in [2.45, 2.75) is 407 Å². The first kappa shape index (κ1) is 105. The normalized spacial score (nSPS) is 37.6. The van der Waals surface area contributed by atoms with Gasteiger partial charge in [-0.25, -0.2) is 8.98 Å². The molecule has 0 N–H and O–H groups in total. The van der Waals surface area contributed by atoms with Crippen LogP contribution in [-0.4, -0.2) is 169 Å². The summed E-state index contributed by atoms with van der Waals surface area (Å²) in [6.45, 7) is 56.1. The topological polar surface area (TPSA) is 338 Å². The average molecular weight is 1910 g/mol. The summed E-state index contributed by atoms with van der Waals surface area (Å²) >= 11 is 0. The highest BCUT2D eigenvalue weighted by Gasteiger charge is 2.79. The van der Waals surface area contributed by atoms with Gasteiger partial charge in [0.25, 0.3) is 10.1 Å². The second-order valence-electron chi connectivity index (χ2n) is 43.0. The molecule has 17 rings (SSSR count). The first-order valence-corrected chi connectivity index (χ1v) is 65.8. The smallest absolute Gasteiger partial charge is 0.465 e. The molecule has 29 nitrogen and oxygen atoms in total. The first-order valence-electron chi connectivity index (χ1n) is 46.7. The number of cyclic esters (lactones) is 1. The predicted octanol–water partition coefficient (Wildman–Crippen LogP) is 18.5. The number of rotatable bonds is 24. The van der Waals surface area contributed by atoms with Gasteiger partial charge in [0.1, 0.15) is 16.8 Å². The van der Waals surface area contributed by atoms with E-state index in [1.807, 2.05) is 83.1 Å². The molecule has 0 aromatic heterocycles. The van der Waals surface area contributed by atoms with E-state index in [0.717, 1.165) is 74.5 Å². The van der Waals surface area contributed by atoms with E-state index in [-0.39, 0.29) is 93.1 Å². The molecule has 2 atom stereocenters. The summed E-state index contributed by atoms with van der Waals surface area (Å²) < 4.78 is 144. The largest absolute Gasteiger partial charge is 0.478 e. The summed E-state index contributed by atoms with van der Waals surface area (Å²) in [4.78, 5) is 84.0. The van der Waals surface area contributed by atoms with E-state index in [0.29, 0.717) is 50.5 Å². The Morgan fingerprint density at radius 3 is 1.13 bits per heavy atom. The van der Waals surface area contributed by atoms with Gasteiger partial charge in [0.15, 0.2) is 0 Å². The van der Waals surface area contributed by atoms with E-state index in [1.165, 1.54) is 89.9 Å². The van der Waals surface area contributed by atoms with Crippen molar-refractivity contribution in [2.24, 2.45) is 79.3 Å². The Kier molecular flexibility index (Phi) is 32.9. The average Bonchev–Trinajstić information content (AvgIpc) is 0.738. The van der Waals surface area contributed by atoms with E-state index in [9.17, 15) is 42.0 Å². The highest BCUT2D eigenvalue weighted by Crippen LogP contribution is 2.65. The Bertz CT molecular complexity index is 3710. The van der Waals surface area contributed by atoms with Gasteiger partial charge in [-0.2, -0.15) is 8.42 Å². The molecule has 17 fully saturated rings. The summed E-state index contributed by atoms with van der Waals surface area (Å²) in [7, 11) is -32.2. The maximum Gasteiger partial charge on any atom is 0.478 e. The van der Waals surface area contributed by atoms with Gasteiger partial charge in [0, 0.05) is 70.1 Å². The molecule has 714 valence electrons. The third kappa shape index (κ3) is 24.9. The Morgan fingerprint density at radius 2 is 0.774 bits per heavy atom. The number of carbonyl (C=O) groups is 7. The maximum absolute atomic E-state index is 12.6. The molecule has 17 aliphatic rings. The molecule has 38 heteroatoms. The minimum Gasteiger partial charge on any atom is -0.465 e. The first-order chi connectivity index (χ1) is 56.9. The van der Waals surface area contributed by atoms with Crippen molar-refractivity contribution in [3.63, 3.8) is 0 Å². The fourth-order valence-electron chi connectivity index (χ4n) is 20.3. The number of hydrogen-bond donors (Lipinski definition) is 0. The van der Waals surface area contributed by atoms with Gasteiger partial charge in [-0.15, -0.1) is 0 Å². The number of carbonyl (C=O) groups excluding carboxylic acids is 7. The predicted molar refractivity (Wildman–Crippen MR) is 479 cm³/mol. The van der Waals surface area contributed by atoms with Crippen molar-refractivity contribution in [3.8, 4) is 0 Å². The third-order valence-electron chi connectivity index (χ3n) is 29.8. The van der Waals surface area contributed by atoms with Crippen LogP contribution >= 0.6 is 0 Å². The van der Waals surface area contributed by atoms with Crippen LogP contribution in [-0.2, 0) is 130 Å². The zero-order chi connectivity index (χ0) is 92.8. The lowest BCUT2D eigenvalue weighted by Crippen LogP contribution is -2.86. The van der Waals surface area contributed by atoms with Crippen LogP contribution in [0.25, 0.3) is 0 Å². The lowest BCUT2D eigenvalue weighted by molar-refractivity contribution is -0.218. The summed E-state index contributed by atoms with van der Waals surface area (Å²) in [6, 6.07) is 0.261. The van der Waals surface area contributed by atoms with Crippen LogP contribution in [0.5, 0.6) is 0 Å². The van der Waals surface area contributed by atoms with Crippen LogP contribution in [0.1, 0.15) is 326 Å². The minimum atomic E-state index is -3.76. The van der Waals surface area contributed by atoms with Crippen LogP contribution in [0.2, 0.25) is 51.9 Å². The van der Waals surface area contributed by atoms with Crippen molar-refractivity contribution in [3.05, 3.63) is 0 Å². The van der Waals surface area contributed by atoms with Gasteiger partial charge in [-0.1, -0.05) is 61.8 Å². The number of hydrogen-bond acceptors (Lipinski definition) is 29. The van der Waals surface area contributed by atoms with Crippen molar-refractivity contribution in [1.29, 1.82) is 0 Å². The van der Waals surface area contributed by atoms with Gasteiger partial charge in [-0.3, -0.25) is 28.8 Å². The molecular weight excluding hydrogens is 1750 g/mol. The lowest BCUT2D eigenvalue weighted by atomic mass is 9.46.